The number of nitrogens with one attached hydrogen (secondary N) is 1. The molecule has 0 atom stereocenters. The van der Waals surface area contributed by atoms with Gasteiger partial charge in [0.2, 0.25) is 0 Å². The number of carbonyl (C=O) groups is 1. The van der Waals surface area contributed by atoms with Crippen LogP contribution in [0.4, 0.5) is 14.5 Å². The Bertz CT molecular complexity index is 1330. The monoisotopic (exact) mass is 483 g/mol. The third-order valence-corrected chi connectivity index (χ3v) is 5.97. The number of rotatable bonds is 6. The van der Waals surface area contributed by atoms with Crippen molar-refractivity contribution in [2.45, 2.75) is 31.4 Å². The fourth-order valence-corrected chi connectivity index (χ4v) is 4.36. The van der Waals surface area contributed by atoms with Gasteiger partial charge in [-0.2, -0.15) is 0 Å². The van der Waals surface area contributed by atoms with Crippen molar-refractivity contribution in [3.63, 3.8) is 0 Å². The van der Waals surface area contributed by atoms with E-state index in [2.05, 4.69) is 36.5 Å². The number of ether oxygens (including phenoxy) is 1. The highest BCUT2D eigenvalue weighted by Gasteiger charge is 2.29. The Morgan fingerprint density at radius 2 is 1.88 bits per heavy atom. The Morgan fingerprint density at radius 3 is 2.53 bits per heavy atom. The molecule has 2 heterocycles. The Labute approximate surface area is 198 Å². The Kier molecular flexibility index (Phi) is 5.65. The number of anilines is 1. The van der Waals surface area contributed by atoms with Crippen LogP contribution in [0.2, 0.25) is 0 Å². The van der Waals surface area contributed by atoms with E-state index in [1.54, 1.807) is 24.5 Å². The first-order valence-corrected chi connectivity index (χ1v) is 11.1. The van der Waals surface area contributed by atoms with Gasteiger partial charge in [0.15, 0.2) is 0 Å². The molecule has 174 valence electrons. The minimum atomic E-state index is -3.81. The van der Waals surface area contributed by atoms with Gasteiger partial charge < -0.3 is 14.6 Å². The number of fused-ring (bicyclic) bond motifs is 1. The van der Waals surface area contributed by atoms with Crippen molar-refractivity contribution in [2.75, 3.05) is 5.32 Å². The van der Waals surface area contributed by atoms with E-state index < -0.39 is 5.57 Å². The van der Waals surface area contributed by atoms with Crippen LogP contribution in [0.1, 0.15) is 36.2 Å². The topological polar surface area (TPSA) is 81.9 Å². The second-order valence-corrected chi connectivity index (χ2v) is 8.87. The summed E-state index contributed by atoms with van der Waals surface area (Å²) >= 11 is 4.78. The van der Waals surface area contributed by atoms with E-state index in [1.165, 1.54) is 30.6 Å². The smallest absolute Gasteiger partial charge is 0.420 e. The normalized spacial score (nSPS) is 17.9. The molecule has 1 amide bonds. The number of imidazole rings is 1. The average molecular weight is 484 g/mol. The van der Waals surface area contributed by atoms with Gasteiger partial charge in [-0.1, -0.05) is 6.92 Å². The quantitative estimate of drug-likeness (QED) is 0.346. The second kappa shape index (κ2) is 8.64. The first-order valence-electron chi connectivity index (χ1n) is 10.7. The summed E-state index contributed by atoms with van der Waals surface area (Å²) in [7, 11) is 0. The maximum absolute atomic E-state index is 13.1. The van der Waals surface area contributed by atoms with E-state index in [4.69, 9.17) is 11.6 Å². The molecule has 2 aromatic heterocycles. The van der Waals surface area contributed by atoms with Gasteiger partial charge in [-0.25, -0.2) is 15.0 Å². The molecule has 10 heteroatoms. The zero-order chi connectivity index (χ0) is 23.9. The van der Waals surface area contributed by atoms with Crippen molar-refractivity contribution in [3.05, 3.63) is 67.0 Å². The lowest BCUT2D eigenvalue weighted by Crippen LogP contribution is -2.24. The first-order chi connectivity index (χ1) is 16.3. The van der Waals surface area contributed by atoms with Crippen LogP contribution in [0.3, 0.4) is 0 Å². The summed E-state index contributed by atoms with van der Waals surface area (Å²) in [6, 6.07) is 9.39. The molecule has 0 saturated heterocycles. The number of hydrogen-bond acceptors (Lipinski definition) is 5. The van der Waals surface area contributed by atoms with E-state index in [9.17, 15) is 13.6 Å². The highest BCUT2D eigenvalue weighted by molar-refractivity contribution is 6.20. The third-order valence-electron chi connectivity index (χ3n) is 5.89. The summed E-state index contributed by atoms with van der Waals surface area (Å²) in [6.45, 7) is 2.23. The largest absolute Gasteiger partial charge is 0.487 e. The fourth-order valence-electron chi connectivity index (χ4n) is 4.27. The van der Waals surface area contributed by atoms with Crippen LogP contribution in [0.15, 0.2) is 61.4 Å². The number of hydrogen-bond donors (Lipinski definition) is 1. The van der Waals surface area contributed by atoms with E-state index in [0.29, 0.717) is 28.7 Å². The van der Waals surface area contributed by atoms with E-state index in [1.807, 2.05) is 6.33 Å². The summed E-state index contributed by atoms with van der Waals surface area (Å²) in [6.07, 6.45) is 8.84. The lowest BCUT2D eigenvalue weighted by molar-refractivity contribution is -0.0964. The minimum absolute atomic E-state index is 0.123. The standard InChI is InChI=1S/C24H20ClF2N5O2/c1-14-6-18(7-14)32-13-30-21-9-15(8-20(22(21)32)16-10-28-12-29-11-16)23(33)31-17-2-4-19(5-3-17)34-24(25,26)27/h2-5,8-14,18H,6-7H2,1H3,(H,31,33). The predicted molar refractivity (Wildman–Crippen MR) is 124 cm³/mol. The number of carbonyl (C=O) groups excluding carboxylic acids is 1. The summed E-state index contributed by atoms with van der Waals surface area (Å²) in [4.78, 5) is 25.9. The number of amides is 1. The predicted octanol–water partition coefficient (Wildman–Crippen LogP) is 5.88. The zero-order valence-corrected chi connectivity index (χ0v) is 18.8. The Morgan fingerprint density at radius 1 is 1.18 bits per heavy atom. The SMILES string of the molecule is CC1CC(n2cnc3cc(C(=O)Nc4ccc(OC(F)(F)Cl)cc4)cc(-c4cncnc4)c32)C1. The summed E-state index contributed by atoms with van der Waals surface area (Å²) in [5.41, 5.74) is 0.220. The molecule has 1 N–H and O–H groups in total. The van der Waals surface area contributed by atoms with Crippen LogP contribution in [0, 0.1) is 5.92 Å². The molecule has 1 aliphatic carbocycles. The van der Waals surface area contributed by atoms with Gasteiger partial charge in [0, 0.05) is 52.4 Å². The number of aromatic nitrogens is 4. The summed E-state index contributed by atoms with van der Waals surface area (Å²) in [5, 5.41) is 2.77. The van der Waals surface area contributed by atoms with E-state index in [-0.39, 0.29) is 11.7 Å². The lowest BCUT2D eigenvalue weighted by Gasteiger charge is -2.34. The Balaban J connectivity index is 1.47. The third kappa shape index (κ3) is 4.56. The molecule has 0 spiro atoms. The first kappa shape index (κ1) is 22.2. The highest BCUT2D eigenvalue weighted by Crippen LogP contribution is 2.41. The molecule has 7 nitrogen and oxygen atoms in total. The van der Waals surface area contributed by atoms with Crippen molar-refractivity contribution in [1.29, 1.82) is 0 Å². The molecule has 1 fully saturated rings. The van der Waals surface area contributed by atoms with Crippen LogP contribution in [0.25, 0.3) is 22.2 Å². The van der Waals surface area contributed by atoms with Crippen molar-refractivity contribution < 1.29 is 18.3 Å². The van der Waals surface area contributed by atoms with Gasteiger partial charge in [-0.05, 0) is 55.2 Å². The molecule has 2 aromatic carbocycles. The van der Waals surface area contributed by atoms with Crippen LogP contribution in [-0.4, -0.2) is 31.0 Å². The molecule has 0 bridgehead atoms. The number of nitrogens with zero attached hydrogens (tertiary/aromatic N) is 4. The van der Waals surface area contributed by atoms with Crippen molar-refractivity contribution in [2.24, 2.45) is 5.92 Å². The fraction of sp³-hybridized carbons (Fsp3) is 0.250. The van der Waals surface area contributed by atoms with Gasteiger partial charge in [0.1, 0.15) is 12.1 Å². The summed E-state index contributed by atoms with van der Waals surface area (Å²) in [5.74, 6) is 0.174. The van der Waals surface area contributed by atoms with Crippen LogP contribution in [-0.2, 0) is 0 Å². The molecular weight excluding hydrogens is 464 g/mol. The molecule has 5 rings (SSSR count). The maximum Gasteiger partial charge on any atom is 0.487 e. The Hall–Kier alpha value is -3.59. The summed E-state index contributed by atoms with van der Waals surface area (Å²) < 4.78 is 32.1. The van der Waals surface area contributed by atoms with Crippen LogP contribution >= 0.6 is 11.6 Å². The molecule has 1 saturated carbocycles. The minimum Gasteiger partial charge on any atom is -0.420 e. The maximum atomic E-state index is 13.1. The van der Waals surface area contributed by atoms with Crippen LogP contribution < -0.4 is 10.1 Å². The van der Waals surface area contributed by atoms with Gasteiger partial charge >= 0.3 is 5.57 Å². The number of alkyl halides is 3. The molecular formula is C24H20ClF2N5O2. The van der Waals surface area contributed by atoms with E-state index >= 15 is 0 Å². The lowest BCUT2D eigenvalue weighted by atomic mass is 9.81. The van der Waals surface area contributed by atoms with Gasteiger partial charge in [-0.15, -0.1) is 8.78 Å². The van der Waals surface area contributed by atoms with Gasteiger partial charge in [0.05, 0.1) is 17.4 Å². The number of benzene rings is 2. The van der Waals surface area contributed by atoms with Gasteiger partial charge in [0.25, 0.3) is 5.91 Å². The molecule has 1 aliphatic rings. The van der Waals surface area contributed by atoms with Crippen LogP contribution in [0.5, 0.6) is 5.75 Å². The average Bonchev–Trinajstić information content (AvgIpc) is 3.21. The van der Waals surface area contributed by atoms with Crippen molar-refractivity contribution >= 4 is 34.2 Å². The highest BCUT2D eigenvalue weighted by atomic mass is 35.5. The molecule has 0 radical (unpaired) electrons. The molecule has 34 heavy (non-hydrogen) atoms. The number of halogens is 3. The van der Waals surface area contributed by atoms with Gasteiger partial charge in [-0.3, -0.25) is 4.79 Å². The molecule has 0 aliphatic heterocycles. The van der Waals surface area contributed by atoms with Crippen molar-refractivity contribution in [3.8, 4) is 16.9 Å². The molecule has 0 unspecified atom stereocenters. The van der Waals surface area contributed by atoms with Crippen molar-refractivity contribution in [1.82, 2.24) is 19.5 Å². The molecule has 4 aromatic rings. The zero-order valence-electron chi connectivity index (χ0n) is 18.1. The second-order valence-electron chi connectivity index (χ2n) is 8.43. The van der Waals surface area contributed by atoms with E-state index in [0.717, 1.165) is 29.5 Å².